The molecule has 0 radical (unpaired) electrons. The Balaban J connectivity index is 2.10. The number of nitrogen functional groups attached to an aromatic ring is 1. The molecule has 3 nitrogen and oxygen atoms in total. The summed E-state index contributed by atoms with van der Waals surface area (Å²) in [6.07, 6.45) is 0. The highest BCUT2D eigenvalue weighted by atomic mass is 35.5. The van der Waals surface area contributed by atoms with E-state index < -0.39 is 5.91 Å². The molecule has 2 rings (SSSR count). The van der Waals surface area contributed by atoms with Crippen LogP contribution in [0.15, 0.2) is 41.3 Å². The summed E-state index contributed by atoms with van der Waals surface area (Å²) in [6.45, 7) is 0. The molecule has 0 aliphatic carbocycles. The average molecular weight is 327 g/mol. The molecule has 0 aliphatic rings. The van der Waals surface area contributed by atoms with E-state index in [1.807, 2.05) is 12.1 Å². The van der Waals surface area contributed by atoms with E-state index in [9.17, 15) is 4.79 Å². The minimum Gasteiger partial charge on any atom is -0.398 e. The number of carbonyl (C=O) groups is 1. The van der Waals surface area contributed by atoms with Gasteiger partial charge in [-0.1, -0.05) is 29.3 Å². The molecule has 4 N–H and O–H groups in total. The maximum absolute atomic E-state index is 11.0. The first kappa shape index (κ1) is 15.0. The Morgan fingerprint density at radius 2 is 1.85 bits per heavy atom. The summed E-state index contributed by atoms with van der Waals surface area (Å²) < 4.78 is 0. The Labute approximate surface area is 131 Å². The van der Waals surface area contributed by atoms with Crippen LogP contribution in [0.3, 0.4) is 0 Å². The van der Waals surface area contributed by atoms with Crippen molar-refractivity contribution in [2.45, 2.75) is 10.6 Å². The smallest absolute Gasteiger partial charge is 0.248 e. The Morgan fingerprint density at radius 1 is 1.10 bits per heavy atom. The van der Waals surface area contributed by atoms with Crippen LogP contribution in [0.2, 0.25) is 10.0 Å². The number of halogens is 2. The van der Waals surface area contributed by atoms with Gasteiger partial charge in [-0.15, -0.1) is 11.8 Å². The maximum atomic E-state index is 11.0. The molecule has 0 spiro atoms. The molecule has 0 fully saturated rings. The monoisotopic (exact) mass is 326 g/mol. The molecule has 0 heterocycles. The van der Waals surface area contributed by atoms with Gasteiger partial charge in [0.2, 0.25) is 5.91 Å². The van der Waals surface area contributed by atoms with Crippen LogP contribution in [0.1, 0.15) is 15.9 Å². The Bertz CT molecular complexity index is 662. The zero-order chi connectivity index (χ0) is 14.7. The summed E-state index contributed by atoms with van der Waals surface area (Å²) in [7, 11) is 0. The van der Waals surface area contributed by atoms with Gasteiger partial charge in [-0.25, -0.2) is 0 Å². The van der Waals surface area contributed by atoms with Crippen LogP contribution in [-0.4, -0.2) is 5.91 Å². The molecular weight excluding hydrogens is 315 g/mol. The van der Waals surface area contributed by atoms with E-state index in [-0.39, 0.29) is 0 Å². The minimum atomic E-state index is -0.489. The van der Waals surface area contributed by atoms with Crippen molar-refractivity contribution < 1.29 is 4.79 Å². The normalized spacial score (nSPS) is 10.5. The van der Waals surface area contributed by atoms with Gasteiger partial charge in [-0.2, -0.15) is 0 Å². The number of amides is 1. The second-order valence-corrected chi connectivity index (χ2v) is 6.01. The van der Waals surface area contributed by atoms with Gasteiger partial charge in [-0.3, -0.25) is 4.79 Å². The quantitative estimate of drug-likeness (QED) is 0.659. The van der Waals surface area contributed by atoms with Crippen molar-refractivity contribution in [2.24, 2.45) is 5.73 Å². The standard InChI is InChI=1S/C14H12Cl2N2OS/c15-11-5-8(14(18)19)1-2-9(11)7-20-10-3-4-13(17)12(16)6-10/h1-6H,7,17H2,(H2,18,19). The van der Waals surface area contributed by atoms with Gasteiger partial charge in [0.1, 0.15) is 0 Å². The van der Waals surface area contributed by atoms with Crippen molar-refractivity contribution in [3.63, 3.8) is 0 Å². The second-order valence-electron chi connectivity index (χ2n) is 4.14. The van der Waals surface area contributed by atoms with E-state index in [1.165, 1.54) is 0 Å². The van der Waals surface area contributed by atoms with E-state index in [0.29, 0.717) is 27.0 Å². The van der Waals surface area contributed by atoms with Crippen molar-refractivity contribution in [1.29, 1.82) is 0 Å². The molecule has 0 saturated heterocycles. The van der Waals surface area contributed by atoms with Gasteiger partial charge < -0.3 is 11.5 Å². The van der Waals surface area contributed by atoms with Crippen LogP contribution >= 0.6 is 35.0 Å². The highest BCUT2D eigenvalue weighted by Crippen LogP contribution is 2.30. The second kappa shape index (κ2) is 6.39. The van der Waals surface area contributed by atoms with Gasteiger partial charge in [0, 0.05) is 21.2 Å². The Morgan fingerprint density at radius 3 is 2.45 bits per heavy atom. The van der Waals surface area contributed by atoms with E-state index in [4.69, 9.17) is 34.7 Å². The molecule has 1 amide bonds. The lowest BCUT2D eigenvalue weighted by Gasteiger charge is -2.07. The van der Waals surface area contributed by atoms with Gasteiger partial charge in [0.25, 0.3) is 0 Å². The van der Waals surface area contributed by atoms with Crippen LogP contribution in [0.4, 0.5) is 5.69 Å². The highest BCUT2D eigenvalue weighted by molar-refractivity contribution is 7.98. The van der Waals surface area contributed by atoms with E-state index in [2.05, 4.69) is 0 Å². The molecule has 6 heteroatoms. The third-order valence-electron chi connectivity index (χ3n) is 2.70. The van der Waals surface area contributed by atoms with E-state index >= 15 is 0 Å². The number of hydrogen-bond donors (Lipinski definition) is 2. The van der Waals surface area contributed by atoms with Crippen molar-refractivity contribution >= 4 is 46.6 Å². The highest BCUT2D eigenvalue weighted by Gasteiger charge is 2.07. The lowest BCUT2D eigenvalue weighted by molar-refractivity contribution is 0.100. The summed E-state index contributed by atoms with van der Waals surface area (Å²) in [5, 5.41) is 1.06. The maximum Gasteiger partial charge on any atom is 0.248 e. The SMILES string of the molecule is NC(=O)c1ccc(CSc2ccc(N)c(Cl)c2)c(Cl)c1. The predicted molar refractivity (Wildman–Crippen MR) is 85.4 cm³/mol. The van der Waals surface area contributed by atoms with Crippen LogP contribution in [0, 0.1) is 0 Å². The van der Waals surface area contributed by atoms with Gasteiger partial charge in [0.15, 0.2) is 0 Å². The van der Waals surface area contributed by atoms with Crippen molar-refractivity contribution in [3.05, 3.63) is 57.6 Å². The first-order valence-electron chi connectivity index (χ1n) is 5.73. The molecule has 0 atom stereocenters. The molecule has 2 aromatic carbocycles. The fourth-order valence-electron chi connectivity index (χ4n) is 1.58. The number of rotatable bonds is 4. The summed E-state index contributed by atoms with van der Waals surface area (Å²) >= 11 is 13.7. The molecule has 0 aliphatic heterocycles. The Hall–Kier alpha value is -1.36. The van der Waals surface area contributed by atoms with Crippen molar-refractivity contribution in [2.75, 3.05) is 5.73 Å². The first-order valence-corrected chi connectivity index (χ1v) is 7.47. The molecule has 0 aromatic heterocycles. The number of thioether (sulfide) groups is 1. The molecule has 104 valence electrons. The Kier molecular flexibility index (Phi) is 4.81. The van der Waals surface area contributed by atoms with Gasteiger partial charge in [-0.05, 0) is 35.9 Å². The molecule has 0 unspecified atom stereocenters. The van der Waals surface area contributed by atoms with Crippen LogP contribution in [0.25, 0.3) is 0 Å². The zero-order valence-corrected chi connectivity index (χ0v) is 12.7. The topological polar surface area (TPSA) is 69.1 Å². The predicted octanol–water partition coefficient (Wildman–Crippen LogP) is 3.97. The summed E-state index contributed by atoms with van der Waals surface area (Å²) in [6, 6.07) is 10.5. The van der Waals surface area contributed by atoms with Crippen LogP contribution in [-0.2, 0) is 5.75 Å². The van der Waals surface area contributed by atoms with Gasteiger partial charge >= 0.3 is 0 Å². The van der Waals surface area contributed by atoms with Crippen molar-refractivity contribution in [1.82, 2.24) is 0 Å². The molecule has 0 saturated carbocycles. The summed E-state index contributed by atoms with van der Waals surface area (Å²) in [5.74, 6) is 0.175. The molecule has 2 aromatic rings. The van der Waals surface area contributed by atoms with E-state index in [1.54, 1.807) is 36.0 Å². The lowest BCUT2D eigenvalue weighted by Crippen LogP contribution is -2.10. The number of benzene rings is 2. The molecule has 20 heavy (non-hydrogen) atoms. The van der Waals surface area contributed by atoms with E-state index in [0.717, 1.165) is 10.5 Å². The number of hydrogen-bond acceptors (Lipinski definition) is 3. The summed E-state index contributed by atoms with van der Waals surface area (Å²) in [5.41, 5.74) is 12.7. The van der Waals surface area contributed by atoms with Gasteiger partial charge in [0.05, 0.1) is 10.7 Å². The third-order valence-corrected chi connectivity index (χ3v) is 4.43. The summed E-state index contributed by atoms with van der Waals surface area (Å²) in [4.78, 5) is 12.0. The number of primary amides is 1. The molecular formula is C14H12Cl2N2OS. The largest absolute Gasteiger partial charge is 0.398 e. The first-order chi connectivity index (χ1) is 9.47. The van der Waals surface area contributed by atoms with Crippen LogP contribution < -0.4 is 11.5 Å². The number of carbonyl (C=O) groups excluding carboxylic acids is 1. The average Bonchev–Trinajstić information content (AvgIpc) is 2.41. The fraction of sp³-hybridized carbons (Fsp3) is 0.0714. The molecule has 0 bridgehead atoms. The van der Waals surface area contributed by atoms with Crippen LogP contribution in [0.5, 0.6) is 0 Å². The third kappa shape index (κ3) is 3.60. The lowest BCUT2D eigenvalue weighted by atomic mass is 10.1. The fourth-order valence-corrected chi connectivity index (χ4v) is 3.09. The zero-order valence-electron chi connectivity index (χ0n) is 10.4. The number of nitrogens with two attached hydrogens (primary N) is 2. The number of anilines is 1. The van der Waals surface area contributed by atoms with Crippen molar-refractivity contribution in [3.8, 4) is 0 Å². The minimum absolute atomic E-state index is 0.402.